The van der Waals surface area contributed by atoms with E-state index < -0.39 is 18.2 Å². The second-order valence-corrected chi connectivity index (χ2v) is 6.02. The van der Waals surface area contributed by atoms with Crippen LogP contribution in [0, 0.1) is 5.92 Å². The van der Waals surface area contributed by atoms with Crippen molar-refractivity contribution in [2.75, 3.05) is 13.1 Å². The monoisotopic (exact) mass is 337 g/mol. The third-order valence-electron chi connectivity index (χ3n) is 3.31. The molecule has 7 heteroatoms. The zero-order valence-electron chi connectivity index (χ0n) is 14.2. The zero-order valence-corrected chi connectivity index (χ0v) is 14.2. The van der Waals surface area contributed by atoms with Crippen LogP contribution in [0.3, 0.4) is 0 Å². The summed E-state index contributed by atoms with van der Waals surface area (Å²) in [7, 11) is 0. The van der Waals surface area contributed by atoms with Gasteiger partial charge in [-0.15, -0.1) is 0 Å². The maximum atomic E-state index is 12.2. The van der Waals surface area contributed by atoms with Crippen LogP contribution < -0.4 is 16.4 Å². The quantitative estimate of drug-likeness (QED) is 0.531. The lowest BCUT2D eigenvalue weighted by molar-refractivity contribution is -0.123. The van der Waals surface area contributed by atoms with Gasteiger partial charge < -0.3 is 26.2 Å². The minimum Gasteiger partial charge on any atom is -0.445 e. The van der Waals surface area contributed by atoms with E-state index >= 15 is 0 Å². The highest BCUT2D eigenvalue weighted by Crippen LogP contribution is 2.06. The van der Waals surface area contributed by atoms with Crippen LogP contribution in [-0.4, -0.2) is 42.3 Å². The standard InChI is InChI=1S/C17H27N3O4/c1-12(2)8-15(16(22)19-10-14(21)9-18)20-17(23)24-11-13-6-4-3-5-7-13/h3-7,12,14-15,21H,8-11,18H2,1-2H3,(H,19,22)(H,20,23)/t14?,15-/m0/s1. The topological polar surface area (TPSA) is 114 Å². The highest BCUT2D eigenvalue weighted by molar-refractivity contribution is 5.85. The molecule has 2 atom stereocenters. The lowest BCUT2D eigenvalue weighted by atomic mass is 10.0. The Labute approximate surface area is 142 Å². The maximum absolute atomic E-state index is 12.2. The highest BCUT2D eigenvalue weighted by atomic mass is 16.5. The molecule has 7 nitrogen and oxygen atoms in total. The first-order valence-corrected chi connectivity index (χ1v) is 8.05. The minimum atomic E-state index is -0.807. The van der Waals surface area contributed by atoms with Crippen molar-refractivity contribution in [3.63, 3.8) is 0 Å². The predicted octanol–water partition coefficient (Wildman–Crippen LogP) is 0.763. The number of alkyl carbamates (subject to hydrolysis) is 1. The molecule has 2 amide bonds. The van der Waals surface area contributed by atoms with Crippen LogP contribution in [0.4, 0.5) is 4.79 Å². The Morgan fingerprint density at radius 3 is 2.50 bits per heavy atom. The summed E-state index contributed by atoms with van der Waals surface area (Å²) in [6, 6.07) is 8.56. The van der Waals surface area contributed by atoms with E-state index in [0.717, 1.165) is 5.56 Å². The van der Waals surface area contributed by atoms with Gasteiger partial charge in [-0.3, -0.25) is 4.79 Å². The first kappa shape index (κ1) is 19.9. The number of nitrogens with one attached hydrogen (secondary N) is 2. The van der Waals surface area contributed by atoms with E-state index in [2.05, 4.69) is 10.6 Å². The lowest BCUT2D eigenvalue weighted by Gasteiger charge is -2.20. The molecule has 5 N–H and O–H groups in total. The molecule has 24 heavy (non-hydrogen) atoms. The van der Waals surface area contributed by atoms with Crippen LogP contribution in [0.2, 0.25) is 0 Å². The molecular weight excluding hydrogens is 310 g/mol. The number of amides is 2. The Hall–Kier alpha value is -2.12. The lowest BCUT2D eigenvalue weighted by Crippen LogP contribution is -2.49. The summed E-state index contributed by atoms with van der Waals surface area (Å²) in [5.41, 5.74) is 6.16. The Bertz CT molecular complexity index is 508. The molecule has 0 fully saturated rings. The molecule has 0 aromatic heterocycles. The third kappa shape index (κ3) is 7.94. The Morgan fingerprint density at radius 1 is 1.25 bits per heavy atom. The number of rotatable bonds is 9. The summed E-state index contributed by atoms with van der Waals surface area (Å²) in [5.74, 6) is -0.164. The van der Waals surface area contributed by atoms with Gasteiger partial charge in [-0.25, -0.2) is 4.79 Å². The van der Waals surface area contributed by atoms with Crippen LogP contribution in [0.5, 0.6) is 0 Å². The number of carbonyl (C=O) groups is 2. The normalized spacial score (nSPS) is 13.2. The van der Waals surface area contributed by atoms with Gasteiger partial charge in [0.1, 0.15) is 12.6 Å². The third-order valence-corrected chi connectivity index (χ3v) is 3.31. The van der Waals surface area contributed by atoms with Crippen molar-refractivity contribution in [2.24, 2.45) is 11.7 Å². The summed E-state index contributed by atoms with van der Waals surface area (Å²) in [5, 5.41) is 14.6. The molecule has 0 aliphatic heterocycles. The van der Waals surface area contributed by atoms with E-state index in [1.165, 1.54) is 0 Å². The predicted molar refractivity (Wildman–Crippen MR) is 91.1 cm³/mol. The average molecular weight is 337 g/mol. The molecule has 0 aliphatic rings. The van der Waals surface area contributed by atoms with Crippen LogP contribution >= 0.6 is 0 Å². The van der Waals surface area contributed by atoms with Crippen LogP contribution in [0.1, 0.15) is 25.8 Å². The molecule has 1 unspecified atom stereocenters. The summed E-state index contributed by atoms with van der Waals surface area (Å²) >= 11 is 0. The van der Waals surface area contributed by atoms with Gasteiger partial charge in [-0.05, 0) is 17.9 Å². The molecule has 0 saturated heterocycles. The molecule has 1 aromatic rings. The van der Waals surface area contributed by atoms with E-state index in [1.807, 2.05) is 44.2 Å². The van der Waals surface area contributed by atoms with Crippen molar-refractivity contribution in [1.82, 2.24) is 10.6 Å². The number of ether oxygens (including phenoxy) is 1. The Morgan fingerprint density at radius 2 is 1.92 bits per heavy atom. The molecule has 1 rings (SSSR count). The van der Waals surface area contributed by atoms with E-state index in [4.69, 9.17) is 10.5 Å². The summed E-state index contributed by atoms with van der Waals surface area (Å²) in [6.45, 7) is 4.14. The van der Waals surface area contributed by atoms with E-state index in [0.29, 0.717) is 6.42 Å². The molecule has 0 heterocycles. The van der Waals surface area contributed by atoms with Gasteiger partial charge in [-0.2, -0.15) is 0 Å². The first-order chi connectivity index (χ1) is 11.4. The molecule has 1 aromatic carbocycles. The summed E-state index contributed by atoms with van der Waals surface area (Å²) < 4.78 is 5.14. The molecule has 0 bridgehead atoms. The highest BCUT2D eigenvalue weighted by Gasteiger charge is 2.22. The zero-order chi connectivity index (χ0) is 17.9. The maximum Gasteiger partial charge on any atom is 0.408 e. The van der Waals surface area contributed by atoms with Gasteiger partial charge >= 0.3 is 6.09 Å². The second-order valence-electron chi connectivity index (χ2n) is 6.02. The smallest absolute Gasteiger partial charge is 0.408 e. The van der Waals surface area contributed by atoms with Crippen LogP contribution in [0.25, 0.3) is 0 Å². The SMILES string of the molecule is CC(C)C[C@H](NC(=O)OCc1ccccc1)C(=O)NCC(O)CN. The van der Waals surface area contributed by atoms with E-state index in [1.54, 1.807) is 0 Å². The molecule has 0 radical (unpaired) electrons. The van der Waals surface area contributed by atoms with Gasteiger partial charge in [-0.1, -0.05) is 44.2 Å². The number of nitrogens with two attached hydrogens (primary N) is 1. The number of carbonyl (C=O) groups excluding carboxylic acids is 2. The fourth-order valence-electron chi connectivity index (χ4n) is 2.03. The van der Waals surface area contributed by atoms with Crippen molar-refractivity contribution < 1.29 is 19.4 Å². The van der Waals surface area contributed by atoms with Crippen molar-refractivity contribution >= 4 is 12.0 Å². The van der Waals surface area contributed by atoms with Gasteiger partial charge in [0.05, 0.1) is 6.10 Å². The first-order valence-electron chi connectivity index (χ1n) is 8.05. The molecular formula is C17H27N3O4. The van der Waals surface area contributed by atoms with Crippen LogP contribution in [0.15, 0.2) is 30.3 Å². The number of aliphatic hydroxyl groups excluding tert-OH is 1. The second kappa shape index (κ2) is 10.6. The molecule has 0 aliphatic carbocycles. The van der Waals surface area contributed by atoms with Crippen molar-refractivity contribution in [3.8, 4) is 0 Å². The number of aliphatic hydroxyl groups is 1. The van der Waals surface area contributed by atoms with Gasteiger partial charge in [0.25, 0.3) is 0 Å². The fourth-order valence-corrected chi connectivity index (χ4v) is 2.03. The van der Waals surface area contributed by atoms with Crippen LogP contribution in [-0.2, 0) is 16.1 Å². The fraction of sp³-hybridized carbons (Fsp3) is 0.529. The van der Waals surface area contributed by atoms with Crippen molar-refractivity contribution in [2.45, 2.75) is 39.0 Å². The van der Waals surface area contributed by atoms with E-state index in [-0.39, 0.29) is 31.5 Å². The summed E-state index contributed by atoms with van der Waals surface area (Å²) in [4.78, 5) is 24.1. The number of benzene rings is 1. The van der Waals surface area contributed by atoms with Crippen molar-refractivity contribution in [3.05, 3.63) is 35.9 Å². The Balaban J connectivity index is 2.51. The van der Waals surface area contributed by atoms with Crippen molar-refractivity contribution in [1.29, 1.82) is 0 Å². The molecule has 134 valence electrons. The Kier molecular flexibility index (Phi) is 8.81. The van der Waals surface area contributed by atoms with E-state index in [9.17, 15) is 14.7 Å². The molecule has 0 spiro atoms. The number of hydrogen-bond donors (Lipinski definition) is 4. The average Bonchev–Trinajstić information content (AvgIpc) is 2.57. The summed E-state index contributed by atoms with van der Waals surface area (Å²) in [6.07, 6.45) is -0.997. The molecule has 0 saturated carbocycles. The van der Waals surface area contributed by atoms with Gasteiger partial charge in [0.2, 0.25) is 5.91 Å². The minimum absolute atomic E-state index is 0.0463. The number of hydrogen-bond acceptors (Lipinski definition) is 5. The van der Waals surface area contributed by atoms with Gasteiger partial charge in [0.15, 0.2) is 0 Å². The van der Waals surface area contributed by atoms with Gasteiger partial charge in [0, 0.05) is 13.1 Å². The largest absolute Gasteiger partial charge is 0.445 e.